The van der Waals surface area contributed by atoms with E-state index in [2.05, 4.69) is 16.1 Å². The topological polar surface area (TPSA) is 6.25 Å². The Morgan fingerprint density at radius 3 is 2.93 bits per heavy atom. The second kappa shape index (κ2) is 4.63. The van der Waals surface area contributed by atoms with Gasteiger partial charge in [0.05, 0.1) is 19.6 Å². The van der Waals surface area contributed by atoms with Gasteiger partial charge in [0.1, 0.15) is 6.54 Å². The molecule has 0 saturated carbocycles. The van der Waals surface area contributed by atoms with Crippen molar-refractivity contribution in [3.8, 4) is 0 Å². The summed E-state index contributed by atoms with van der Waals surface area (Å²) in [6, 6.07) is 0. The molecule has 0 bridgehead atoms. The Morgan fingerprint density at radius 1 is 1.21 bits per heavy atom. The molecule has 0 aromatic heterocycles. The van der Waals surface area contributed by atoms with E-state index in [1.54, 1.807) is 5.84 Å². The van der Waals surface area contributed by atoms with Crippen molar-refractivity contribution in [2.45, 2.75) is 32.1 Å². The molecule has 2 heteroatoms. The van der Waals surface area contributed by atoms with Gasteiger partial charge in [0.25, 0.3) is 0 Å². The summed E-state index contributed by atoms with van der Waals surface area (Å²) in [7, 11) is 0. The van der Waals surface area contributed by atoms with Gasteiger partial charge in [-0.05, 0) is 19.3 Å². The zero-order valence-corrected chi connectivity index (χ0v) is 9.04. The monoisotopic (exact) mass is 193 g/mol. The van der Waals surface area contributed by atoms with Crippen LogP contribution in [0.3, 0.4) is 0 Å². The normalized spacial score (nSPS) is 23.0. The predicted molar refractivity (Wildman–Crippen MR) is 59.9 cm³/mol. The number of rotatable bonds is 2. The van der Waals surface area contributed by atoms with E-state index >= 15 is 0 Å². The van der Waals surface area contributed by atoms with Gasteiger partial charge in [-0.2, -0.15) is 0 Å². The van der Waals surface area contributed by atoms with Crippen LogP contribution in [-0.2, 0) is 0 Å². The zero-order valence-electron chi connectivity index (χ0n) is 9.04. The van der Waals surface area contributed by atoms with Gasteiger partial charge in [0.2, 0.25) is 5.84 Å². The van der Waals surface area contributed by atoms with Crippen LogP contribution in [0.25, 0.3) is 0 Å². The maximum Gasteiger partial charge on any atom is 0.247 e. The summed E-state index contributed by atoms with van der Waals surface area (Å²) in [6.45, 7) is 8.67. The molecule has 0 N–H and O–H groups in total. The minimum absolute atomic E-state index is 1.03. The Bertz CT molecular complexity index is 243. The van der Waals surface area contributed by atoms with Gasteiger partial charge in [-0.1, -0.05) is 12.7 Å². The number of nitrogens with zero attached hydrogens (tertiary/aromatic N) is 2. The van der Waals surface area contributed by atoms with E-state index in [4.69, 9.17) is 0 Å². The van der Waals surface area contributed by atoms with Crippen molar-refractivity contribution >= 4 is 5.84 Å². The molecular weight excluding hydrogens is 172 g/mol. The van der Waals surface area contributed by atoms with E-state index in [1.807, 2.05) is 6.08 Å². The molecule has 2 heterocycles. The van der Waals surface area contributed by atoms with Crippen molar-refractivity contribution in [1.29, 1.82) is 0 Å². The largest absolute Gasteiger partial charge is 0.266 e. The van der Waals surface area contributed by atoms with Crippen molar-refractivity contribution in [3.63, 3.8) is 0 Å². The third-order valence-electron chi connectivity index (χ3n) is 3.26. The van der Waals surface area contributed by atoms with Gasteiger partial charge < -0.3 is 0 Å². The molecule has 14 heavy (non-hydrogen) atoms. The van der Waals surface area contributed by atoms with Gasteiger partial charge >= 0.3 is 0 Å². The van der Waals surface area contributed by atoms with Crippen molar-refractivity contribution in [2.24, 2.45) is 0 Å². The van der Waals surface area contributed by atoms with Crippen molar-refractivity contribution in [2.75, 3.05) is 26.2 Å². The summed E-state index contributed by atoms with van der Waals surface area (Å²) in [5.74, 6) is 1.59. The number of fused-ring (bicyclic) bond motifs is 1. The summed E-state index contributed by atoms with van der Waals surface area (Å²) in [6.07, 6.45) is 8.79. The summed E-state index contributed by atoms with van der Waals surface area (Å²) in [5, 5.41) is 0. The van der Waals surface area contributed by atoms with Crippen molar-refractivity contribution in [3.05, 3.63) is 12.7 Å². The molecule has 0 unspecified atom stereocenters. The molecule has 0 atom stereocenters. The Kier molecular flexibility index (Phi) is 3.22. The third kappa shape index (κ3) is 1.99. The third-order valence-corrected chi connectivity index (χ3v) is 3.26. The Morgan fingerprint density at radius 2 is 2.07 bits per heavy atom. The van der Waals surface area contributed by atoms with E-state index in [0.717, 1.165) is 6.54 Å². The fraction of sp³-hybridized carbons (Fsp3) is 0.750. The lowest BCUT2D eigenvalue weighted by atomic mass is 10.2. The van der Waals surface area contributed by atoms with Crippen LogP contribution in [0, 0.1) is 0 Å². The van der Waals surface area contributed by atoms with E-state index in [-0.39, 0.29) is 0 Å². The molecule has 2 aliphatic heterocycles. The maximum absolute atomic E-state index is 3.84. The van der Waals surface area contributed by atoms with Gasteiger partial charge in [-0.25, -0.2) is 0 Å². The number of amidine groups is 1. The molecule has 0 aliphatic carbocycles. The smallest absolute Gasteiger partial charge is 0.247 e. The molecule has 2 aliphatic rings. The second-order valence-corrected chi connectivity index (χ2v) is 4.30. The molecule has 0 amide bonds. The van der Waals surface area contributed by atoms with Crippen molar-refractivity contribution < 1.29 is 4.58 Å². The minimum atomic E-state index is 1.03. The Labute approximate surface area is 86.9 Å². The van der Waals surface area contributed by atoms with E-state index < -0.39 is 0 Å². The lowest BCUT2D eigenvalue weighted by Crippen LogP contribution is -2.43. The average molecular weight is 193 g/mol. The van der Waals surface area contributed by atoms with Crippen LogP contribution < -0.4 is 0 Å². The Balaban J connectivity index is 2.18. The summed E-state index contributed by atoms with van der Waals surface area (Å²) in [4.78, 5) is 2.60. The molecule has 0 aromatic carbocycles. The van der Waals surface area contributed by atoms with Crippen LogP contribution in [0.1, 0.15) is 32.1 Å². The highest BCUT2D eigenvalue weighted by molar-refractivity contribution is 5.78. The highest BCUT2D eigenvalue weighted by Crippen LogP contribution is 2.15. The molecule has 0 radical (unpaired) electrons. The molecular formula is C12H21N2+. The SMILES string of the molecule is C=CC[N+]1=C2CCCCCN2CCC1. The Hall–Kier alpha value is -0.790. The van der Waals surface area contributed by atoms with Crippen LogP contribution in [0.5, 0.6) is 0 Å². The first kappa shape index (κ1) is 9.75. The van der Waals surface area contributed by atoms with Crippen LogP contribution in [0.4, 0.5) is 0 Å². The van der Waals surface area contributed by atoms with Crippen LogP contribution in [0.15, 0.2) is 12.7 Å². The number of hydrogen-bond donors (Lipinski definition) is 0. The quantitative estimate of drug-likeness (QED) is 0.479. The van der Waals surface area contributed by atoms with Gasteiger partial charge in [-0.3, -0.25) is 9.48 Å². The zero-order chi connectivity index (χ0) is 9.80. The first-order valence-electron chi connectivity index (χ1n) is 5.88. The van der Waals surface area contributed by atoms with E-state index in [9.17, 15) is 0 Å². The molecule has 2 rings (SSSR count). The summed E-state index contributed by atoms with van der Waals surface area (Å²) < 4.78 is 2.52. The molecule has 1 fully saturated rings. The number of hydrogen-bond acceptors (Lipinski definition) is 1. The van der Waals surface area contributed by atoms with Gasteiger partial charge in [0.15, 0.2) is 0 Å². The molecule has 2 nitrogen and oxygen atoms in total. The first-order valence-corrected chi connectivity index (χ1v) is 5.88. The molecule has 78 valence electrons. The minimum Gasteiger partial charge on any atom is -0.266 e. The lowest BCUT2D eigenvalue weighted by Gasteiger charge is -2.25. The molecule has 0 aromatic rings. The highest BCUT2D eigenvalue weighted by Gasteiger charge is 2.27. The van der Waals surface area contributed by atoms with Gasteiger partial charge in [0, 0.05) is 12.8 Å². The van der Waals surface area contributed by atoms with E-state index in [0.29, 0.717) is 0 Å². The van der Waals surface area contributed by atoms with E-state index in [1.165, 1.54) is 51.7 Å². The van der Waals surface area contributed by atoms with Gasteiger partial charge in [-0.15, -0.1) is 0 Å². The summed E-state index contributed by atoms with van der Waals surface area (Å²) >= 11 is 0. The fourth-order valence-corrected chi connectivity index (χ4v) is 2.58. The first-order chi connectivity index (χ1) is 6.92. The molecule has 1 saturated heterocycles. The fourth-order valence-electron chi connectivity index (χ4n) is 2.58. The summed E-state index contributed by atoms with van der Waals surface area (Å²) in [5.41, 5.74) is 0. The van der Waals surface area contributed by atoms with Crippen LogP contribution in [0.2, 0.25) is 0 Å². The predicted octanol–water partition coefficient (Wildman–Crippen LogP) is 1.86. The second-order valence-electron chi connectivity index (χ2n) is 4.30. The standard InChI is InChI=1S/C12H21N2/c1-2-8-13-10-6-11-14-9-5-3-4-7-12(13)14/h2H,1,3-11H2/q+1. The van der Waals surface area contributed by atoms with Crippen LogP contribution in [-0.4, -0.2) is 41.5 Å². The maximum atomic E-state index is 3.84. The van der Waals surface area contributed by atoms with Crippen molar-refractivity contribution in [1.82, 2.24) is 4.90 Å². The molecule has 0 spiro atoms. The average Bonchev–Trinajstić information content (AvgIpc) is 2.44. The highest BCUT2D eigenvalue weighted by atomic mass is 15.3. The lowest BCUT2D eigenvalue weighted by molar-refractivity contribution is -0.529. The van der Waals surface area contributed by atoms with Crippen LogP contribution >= 0.6 is 0 Å².